The molecule has 0 aromatic heterocycles. The van der Waals surface area contributed by atoms with Crippen molar-refractivity contribution in [2.24, 2.45) is 0 Å². The molecule has 0 aliphatic heterocycles. The largest absolute Gasteiger partial charge is 0.496 e. The summed E-state index contributed by atoms with van der Waals surface area (Å²) in [5.41, 5.74) is 0.886. The maximum absolute atomic E-state index is 11.5. The number of methoxy groups -OCH3 is 1. The Morgan fingerprint density at radius 1 is 1.41 bits per heavy atom. The summed E-state index contributed by atoms with van der Waals surface area (Å²) in [5, 5.41) is 0. The summed E-state index contributed by atoms with van der Waals surface area (Å²) in [4.78, 5) is 0. The smallest absolute Gasteiger partial charge is 0.211 e. The van der Waals surface area contributed by atoms with Crippen molar-refractivity contribution in [1.29, 1.82) is 0 Å². The van der Waals surface area contributed by atoms with Crippen LogP contribution in [-0.2, 0) is 16.6 Å². The zero-order valence-corrected chi connectivity index (χ0v) is 12.3. The van der Waals surface area contributed by atoms with E-state index in [0.717, 1.165) is 15.8 Å². The maximum Gasteiger partial charge on any atom is 0.211 e. The van der Waals surface area contributed by atoms with Crippen molar-refractivity contribution in [3.63, 3.8) is 0 Å². The molecule has 0 amide bonds. The second-order valence-corrected chi connectivity index (χ2v) is 6.39. The molecule has 17 heavy (non-hydrogen) atoms. The molecule has 0 bridgehead atoms. The molecule has 0 atom stereocenters. The maximum atomic E-state index is 11.5. The first kappa shape index (κ1) is 14.5. The van der Waals surface area contributed by atoms with Crippen LogP contribution in [0.25, 0.3) is 0 Å². The van der Waals surface area contributed by atoms with Crippen molar-refractivity contribution in [3.05, 3.63) is 28.2 Å². The lowest BCUT2D eigenvalue weighted by molar-refractivity contribution is 0.412. The predicted molar refractivity (Wildman–Crippen MR) is 71.6 cm³/mol. The van der Waals surface area contributed by atoms with E-state index in [-0.39, 0.29) is 5.75 Å². The van der Waals surface area contributed by atoms with Gasteiger partial charge in [-0.05, 0) is 40.0 Å². The molecule has 1 aromatic carbocycles. The van der Waals surface area contributed by atoms with Crippen LogP contribution >= 0.6 is 15.9 Å². The van der Waals surface area contributed by atoms with Gasteiger partial charge in [0.25, 0.3) is 0 Å². The molecule has 0 unspecified atom stereocenters. The highest BCUT2D eigenvalue weighted by molar-refractivity contribution is 9.10. The minimum Gasteiger partial charge on any atom is -0.496 e. The summed E-state index contributed by atoms with van der Waals surface area (Å²) in [6.45, 7) is 2.13. The van der Waals surface area contributed by atoms with E-state index in [1.165, 1.54) is 0 Å². The van der Waals surface area contributed by atoms with Crippen LogP contribution in [0.4, 0.5) is 0 Å². The molecule has 1 N–H and O–H groups in total. The van der Waals surface area contributed by atoms with E-state index in [1.54, 1.807) is 13.2 Å². The Kier molecular flexibility index (Phi) is 5.42. The zero-order valence-electron chi connectivity index (χ0n) is 9.86. The van der Waals surface area contributed by atoms with E-state index in [9.17, 15) is 8.42 Å². The van der Waals surface area contributed by atoms with Gasteiger partial charge in [-0.3, -0.25) is 0 Å². The van der Waals surface area contributed by atoms with Crippen molar-refractivity contribution in [3.8, 4) is 5.75 Å². The van der Waals surface area contributed by atoms with E-state index in [0.29, 0.717) is 13.0 Å². The third-order valence-electron chi connectivity index (χ3n) is 2.19. The summed E-state index contributed by atoms with van der Waals surface area (Å²) in [6.07, 6.45) is 0.613. The summed E-state index contributed by atoms with van der Waals surface area (Å²) in [7, 11) is -1.57. The Bertz CT molecular complexity index is 474. The number of hydrogen-bond donors (Lipinski definition) is 1. The van der Waals surface area contributed by atoms with Crippen LogP contribution in [-0.4, -0.2) is 21.3 Å². The van der Waals surface area contributed by atoms with E-state index in [1.807, 2.05) is 19.1 Å². The number of hydrogen-bond acceptors (Lipinski definition) is 3. The quantitative estimate of drug-likeness (QED) is 0.874. The summed E-state index contributed by atoms with van der Waals surface area (Å²) < 4.78 is 31.4. The molecule has 1 rings (SSSR count). The van der Waals surface area contributed by atoms with Crippen LogP contribution in [0.3, 0.4) is 0 Å². The minimum atomic E-state index is -3.15. The molecule has 0 saturated heterocycles. The van der Waals surface area contributed by atoms with Crippen molar-refractivity contribution < 1.29 is 13.2 Å². The lowest BCUT2D eigenvalue weighted by Crippen LogP contribution is -2.25. The van der Waals surface area contributed by atoms with Gasteiger partial charge in [0.05, 0.1) is 17.3 Å². The summed E-state index contributed by atoms with van der Waals surface area (Å²) >= 11 is 3.36. The first-order valence-corrected chi connectivity index (χ1v) is 7.72. The predicted octanol–water partition coefficient (Wildman–Crippen LogP) is 2.29. The monoisotopic (exact) mass is 321 g/mol. The SMILES string of the molecule is CCCS(=O)(=O)NCc1ccc(OC)c(Br)c1. The topological polar surface area (TPSA) is 55.4 Å². The van der Waals surface area contributed by atoms with Gasteiger partial charge in [0.2, 0.25) is 10.0 Å². The fourth-order valence-electron chi connectivity index (χ4n) is 1.35. The van der Waals surface area contributed by atoms with Crippen molar-refractivity contribution in [1.82, 2.24) is 4.72 Å². The zero-order chi connectivity index (χ0) is 12.9. The first-order chi connectivity index (χ1) is 7.98. The summed E-state index contributed by atoms with van der Waals surface area (Å²) in [5.74, 6) is 0.884. The molecule has 1 aromatic rings. The first-order valence-electron chi connectivity index (χ1n) is 5.28. The van der Waals surface area contributed by atoms with Gasteiger partial charge in [0.15, 0.2) is 0 Å². The van der Waals surface area contributed by atoms with E-state index in [2.05, 4.69) is 20.7 Å². The lowest BCUT2D eigenvalue weighted by atomic mass is 10.2. The van der Waals surface area contributed by atoms with Crippen LogP contribution < -0.4 is 9.46 Å². The van der Waals surface area contributed by atoms with Crippen molar-refractivity contribution in [2.45, 2.75) is 19.9 Å². The normalized spacial score (nSPS) is 11.5. The Balaban J connectivity index is 2.67. The van der Waals surface area contributed by atoms with Crippen LogP contribution in [0.5, 0.6) is 5.75 Å². The Morgan fingerprint density at radius 2 is 2.12 bits per heavy atom. The molecule has 0 heterocycles. The van der Waals surface area contributed by atoms with Gasteiger partial charge in [-0.2, -0.15) is 0 Å². The second kappa shape index (κ2) is 6.37. The van der Waals surface area contributed by atoms with Gasteiger partial charge in [0.1, 0.15) is 5.75 Å². The second-order valence-electron chi connectivity index (χ2n) is 3.61. The van der Waals surface area contributed by atoms with Crippen LogP contribution in [0.1, 0.15) is 18.9 Å². The number of sulfonamides is 1. The van der Waals surface area contributed by atoms with Gasteiger partial charge in [0, 0.05) is 6.54 Å². The molecule has 96 valence electrons. The van der Waals surface area contributed by atoms with Gasteiger partial charge < -0.3 is 4.74 Å². The average molecular weight is 322 g/mol. The number of ether oxygens (including phenoxy) is 1. The van der Waals surface area contributed by atoms with Crippen LogP contribution in [0.15, 0.2) is 22.7 Å². The van der Waals surface area contributed by atoms with Gasteiger partial charge in [-0.15, -0.1) is 0 Å². The molecule has 4 nitrogen and oxygen atoms in total. The molecule has 0 aliphatic rings. The highest BCUT2D eigenvalue weighted by atomic mass is 79.9. The van der Waals surface area contributed by atoms with Gasteiger partial charge in [-0.25, -0.2) is 13.1 Å². The molecule has 6 heteroatoms. The van der Waals surface area contributed by atoms with Crippen molar-refractivity contribution >= 4 is 26.0 Å². The molecular weight excluding hydrogens is 306 g/mol. The number of halogens is 1. The highest BCUT2D eigenvalue weighted by Crippen LogP contribution is 2.25. The molecule has 0 aliphatic carbocycles. The Labute approximate surface area is 111 Å². The number of nitrogens with one attached hydrogen (secondary N) is 1. The van der Waals surface area contributed by atoms with Crippen LogP contribution in [0, 0.1) is 0 Å². The lowest BCUT2D eigenvalue weighted by Gasteiger charge is -2.08. The Hall–Kier alpha value is -0.590. The molecular formula is C11H16BrNO3S. The Morgan fingerprint density at radius 3 is 2.65 bits per heavy atom. The van der Waals surface area contributed by atoms with E-state index in [4.69, 9.17) is 4.74 Å². The third-order valence-corrected chi connectivity index (χ3v) is 4.33. The van der Waals surface area contributed by atoms with E-state index >= 15 is 0 Å². The minimum absolute atomic E-state index is 0.157. The van der Waals surface area contributed by atoms with E-state index < -0.39 is 10.0 Å². The molecule has 0 fully saturated rings. The summed E-state index contributed by atoms with van der Waals surface area (Å²) in [6, 6.07) is 5.47. The fraction of sp³-hybridized carbons (Fsp3) is 0.455. The average Bonchev–Trinajstić information content (AvgIpc) is 2.27. The fourth-order valence-corrected chi connectivity index (χ4v) is 3.01. The third kappa shape index (κ3) is 4.65. The number of benzene rings is 1. The molecule has 0 spiro atoms. The number of rotatable bonds is 6. The highest BCUT2D eigenvalue weighted by Gasteiger charge is 2.08. The molecule has 0 radical (unpaired) electrons. The molecule has 0 saturated carbocycles. The van der Waals surface area contributed by atoms with Crippen LogP contribution in [0.2, 0.25) is 0 Å². The van der Waals surface area contributed by atoms with Gasteiger partial charge >= 0.3 is 0 Å². The standard InChI is InChI=1S/C11H16BrNO3S/c1-3-6-17(14,15)13-8-9-4-5-11(16-2)10(12)7-9/h4-5,7,13H,3,6,8H2,1-2H3. The van der Waals surface area contributed by atoms with Gasteiger partial charge in [-0.1, -0.05) is 13.0 Å². The van der Waals surface area contributed by atoms with Crippen molar-refractivity contribution in [2.75, 3.05) is 12.9 Å².